The van der Waals surface area contributed by atoms with Crippen molar-refractivity contribution >= 4 is 28.8 Å². The van der Waals surface area contributed by atoms with Crippen LogP contribution in [0.15, 0.2) is 28.6 Å². The van der Waals surface area contributed by atoms with E-state index in [0.29, 0.717) is 10.7 Å². The average molecular weight is 428 g/mol. The van der Waals surface area contributed by atoms with E-state index in [0.717, 1.165) is 61.7 Å². The fourth-order valence-corrected chi connectivity index (χ4v) is 4.74. The van der Waals surface area contributed by atoms with Crippen LogP contribution in [0.25, 0.3) is 0 Å². The van der Waals surface area contributed by atoms with Crippen molar-refractivity contribution in [3.63, 3.8) is 0 Å². The highest BCUT2D eigenvalue weighted by atomic mass is 32.2. The van der Waals surface area contributed by atoms with Gasteiger partial charge in [0.1, 0.15) is 6.07 Å². The summed E-state index contributed by atoms with van der Waals surface area (Å²) < 4.78 is 39.5. The van der Waals surface area contributed by atoms with E-state index in [1.807, 2.05) is 11.0 Å². The number of hydrogen-bond acceptors (Lipinski definition) is 7. The number of nitriles is 1. The first-order valence-corrected chi connectivity index (χ1v) is 10.8. The van der Waals surface area contributed by atoms with Crippen LogP contribution in [0.3, 0.4) is 0 Å². The summed E-state index contributed by atoms with van der Waals surface area (Å²) in [6, 6.07) is 7.54. The van der Waals surface area contributed by atoms with Gasteiger partial charge in [-0.05, 0) is 37.6 Å². The molecule has 10 heteroatoms. The minimum Gasteiger partial charge on any atom is -0.369 e. The maximum absolute atomic E-state index is 12.9. The van der Waals surface area contributed by atoms with E-state index in [1.165, 1.54) is 23.5 Å². The molecule has 0 spiro atoms. The molecule has 3 rings (SSSR count). The lowest BCUT2D eigenvalue weighted by Gasteiger charge is -2.36. The van der Waals surface area contributed by atoms with Crippen molar-refractivity contribution in [2.45, 2.75) is 23.4 Å². The molecule has 0 bridgehead atoms. The third-order valence-electron chi connectivity index (χ3n) is 4.51. The van der Waals surface area contributed by atoms with Crippen LogP contribution in [0, 0.1) is 11.3 Å². The topological polar surface area (TPSA) is 56.1 Å². The van der Waals surface area contributed by atoms with Gasteiger partial charge in [0.25, 0.3) is 0 Å². The van der Waals surface area contributed by atoms with Gasteiger partial charge < -0.3 is 4.90 Å². The molecule has 2 heterocycles. The Hall–Kier alpha value is -1.83. The average Bonchev–Trinajstić information content (AvgIpc) is 3.16. The lowest BCUT2D eigenvalue weighted by Crippen LogP contribution is -2.46. The Morgan fingerprint density at radius 2 is 1.93 bits per heavy atom. The molecule has 2 aromatic rings. The number of aromatic nitrogens is 2. The fourth-order valence-electron chi connectivity index (χ4n) is 3.02. The first-order chi connectivity index (χ1) is 13.5. The molecule has 1 fully saturated rings. The highest BCUT2D eigenvalue weighted by Crippen LogP contribution is 2.32. The molecule has 0 radical (unpaired) electrons. The first-order valence-electron chi connectivity index (χ1n) is 8.96. The van der Waals surface area contributed by atoms with Crippen LogP contribution < -0.4 is 4.90 Å². The summed E-state index contributed by atoms with van der Waals surface area (Å²) in [4.78, 5) is 4.37. The van der Waals surface area contributed by atoms with Crippen molar-refractivity contribution in [2.24, 2.45) is 0 Å². The van der Waals surface area contributed by atoms with Gasteiger partial charge >= 0.3 is 6.18 Å². The normalized spacial score (nSPS) is 15.6. The number of halogens is 3. The number of hydrogen-bond donors (Lipinski definition) is 0. The van der Waals surface area contributed by atoms with Gasteiger partial charge in [0.15, 0.2) is 4.34 Å². The molecule has 1 aromatic heterocycles. The predicted molar refractivity (Wildman–Crippen MR) is 105 cm³/mol. The van der Waals surface area contributed by atoms with Crippen LogP contribution in [0.5, 0.6) is 0 Å². The van der Waals surface area contributed by atoms with Gasteiger partial charge in [0.2, 0.25) is 5.01 Å². The molecule has 1 aromatic carbocycles. The molecule has 5 nitrogen and oxygen atoms in total. The van der Waals surface area contributed by atoms with Gasteiger partial charge in [-0.1, -0.05) is 29.2 Å². The van der Waals surface area contributed by atoms with Crippen LogP contribution in [0.2, 0.25) is 0 Å². The van der Waals surface area contributed by atoms with Gasteiger partial charge in [-0.15, -0.1) is 10.2 Å². The second-order valence-corrected chi connectivity index (χ2v) is 8.74. The Morgan fingerprint density at radius 3 is 2.61 bits per heavy atom. The zero-order valence-electron chi connectivity index (χ0n) is 15.2. The van der Waals surface area contributed by atoms with Gasteiger partial charge in [-0.25, -0.2) is 0 Å². The highest BCUT2D eigenvalue weighted by Gasteiger charge is 2.31. The molecule has 1 aliphatic heterocycles. The quantitative estimate of drug-likeness (QED) is 0.489. The Bertz CT molecular complexity index is 810. The molecule has 0 aliphatic carbocycles. The molecule has 150 valence electrons. The lowest BCUT2D eigenvalue weighted by atomic mass is 10.1. The zero-order valence-corrected chi connectivity index (χ0v) is 16.8. The summed E-state index contributed by atoms with van der Waals surface area (Å²) in [5.74, 6) is 0.935. The molecule has 0 unspecified atom stereocenters. The Morgan fingerprint density at radius 1 is 1.14 bits per heavy atom. The number of piperazine rings is 1. The van der Waals surface area contributed by atoms with E-state index >= 15 is 0 Å². The maximum Gasteiger partial charge on any atom is 0.416 e. The van der Waals surface area contributed by atoms with Gasteiger partial charge in [-0.3, -0.25) is 4.90 Å². The molecule has 0 N–H and O–H groups in total. The van der Waals surface area contributed by atoms with Crippen molar-refractivity contribution in [3.05, 3.63) is 34.8 Å². The number of thioether (sulfide) groups is 1. The number of anilines is 1. The lowest BCUT2D eigenvalue weighted by molar-refractivity contribution is -0.137. The minimum absolute atomic E-state index is 0.390. The van der Waals surface area contributed by atoms with E-state index in [4.69, 9.17) is 5.26 Å². The molecule has 0 saturated carbocycles. The highest BCUT2D eigenvalue weighted by molar-refractivity contribution is 8.01. The van der Waals surface area contributed by atoms with Crippen molar-refractivity contribution in [1.82, 2.24) is 15.1 Å². The Labute approximate surface area is 170 Å². The van der Waals surface area contributed by atoms with Crippen molar-refractivity contribution in [1.29, 1.82) is 5.26 Å². The predicted octanol–water partition coefficient (Wildman–Crippen LogP) is 4.12. The van der Waals surface area contributed by atoms with E-state index in [-0.39, 0.29) is 0 Å². The summed E-state index contributed by atoms with van der Waals surface area (Å²) in [5.41, 5.74) is 0.0434. The second-order valence-electron chi connectivity index (χ2n) is 6.42. The standard InChI is InChI=1S/C18H20F3N5S2/c19-18(20,21)14-4-3-5-15(12-14)26-9-7-25(8-10-26)6-1-2-11-27-17-24-23-16(13-22)28-17/h3-5,12H,1-2,6-11H2. The monoisotopic (exact) mass is 427 g/mol. The number of benzene rings is 1. The Balaban J connectivity index is 1.36. The van der Waals surface area contributed by atoms with Crippen LogP contribution in [-0.2, 0) is 6.18 Å². The van der Waals surface area contributed by atoms with Crippen molar-refractivity contribution < 1.29 is 13.2 Å². The van der Waals surface area contributed by atoms with Crippen molar-refractivity contribution in [2.75, 3.05) is 43.4 Å². The van der Waals surface area contributed by atoms with Crippen LogP contribution in [0.1, 0.15) is 23.4 Å². The molecule has 28 heavy (non-hydrogen) atoms. The SMILES string of the molecule is N#Cc1nnc(SCCCCN2CCN(c3cccc(C(F)(F)F)c3)CC2)s1. The number of alkyl halides is 3. The van der Waals surface area contributed by atoms with Crippen LogP contribution in [-0.4, -0.2) is 53.6 Å². The van der Waals surface area contributed by atoms with E-state index < -0.39 is 11.7 Å². The minimum atomic E-state index is -4.30. The summed E-state index contributed by atoms with van der Waals surface area (Å²) in [5, 5.41) is 16.8. The largest absolute Gasteiger partial charge is 0.416 e. The zero-order chi connectivity index (χ0) is 20.0. The molecule has 1 aliphatic rings. The molecule has 0 atom stereocenters. The van der Waals surface area contributed by atoms with Gasteiger partial charge in [0.05, 0.1) is 5.56 Å². The first kappa shape index (κ1) is 20.9. The summed E-state index contributed by atoms with van der Waals surface area (Å²) in [7, 11) is 0. The Kier molecular flexibility index (Phi) is 7.15. The molecular weight excluding hydrogens is 407 g/mol. The maximum atomic E-state index is 12.9. The third-order valence-corrected chi connectivity index (χ3v) is 6.55. The molecule has 0 amide bonds. The molecule has 1 saturated heterocycles. The fraction of sp³-hybridized carbons (Fsp3) is 0.500. The van der Waals surface area contributed by atoms with Crippen LogP contribution >= 0.6 is 23.1 Å². The summed E-state index contributed by atoms with van der Waals surface area (Å²) >= 11 is 2.93. The summed E-state index contributed by atoms with van der Waals surface area (Å²) in [6.07, 6.45) is -2.21. The smallest absolute Gasteiger partial charge is 0.369 e. The van der Waals surface area contributed by atoms with Crippen molar-refractivity contribution in [3.8, 4) is 6.07 Å². The molecular formula is C18H20F3N5S2. The van der Waals surface area contributed by atoms with Gasteiger partial charge in [0, 0.05) is 37.6 Å². The van der Waals surface area contributed by atoms with Crippen LogP contribution in [0.4, 0.5) is 18.9 Å². The number of unbranched alkanes of at least 4 members (excludes halogenated alkanes) is 1. The third kappa shape index (κ3) is 5.83. The number of nitrogens with zero attached hydrogens (tertiary/aromatic N) is 5. The van der Waals surface area contributed by atoms with E-state index in [2.05, 4.69) is 15.1 Å². The summed E-state index contributed by atoms with van der Waals surface area (Å²) in [6.45, 7) is 4.16. The second kappa shape index (κ2) is 9.58. The number of rotatable bonds is 7. The van der Waals surface area contributed by atoms with E-state index in [9.17, 15) is 13.2 Å². The van der Waals surface area contributed by atoms with Gasteiger partial charge in [-0.2, -0.15) is 18.4 Å². The van der Waals surface area contributed by atoms with E-state index in [1.54, 1.807) is 17.8 Å².